The van der Waals surface area contributed by atoms with E-state index in [1.165, 1.54) is 38.1 Å². The number of rotatable bonds is 6. The van der Waals surface area contributed by atoms with Crippen molar-refractivity contribution in [2.24, 2.45) is 5.92 Å². The average molecular weight is 419 g/mol. The summed E-state index contributed by atoms with van der Waals surface area (Å²) in [6, 6.07) is 4.90. The van der Waals surface area contributed by atoms with Gasteiger partial charge in [-0.3, -0.25) is 9.59 Å². The van der Waals surface area contributed by atoms with Gasteiger partial charge in [0.15, 0.2) is 0 Å². The van der Waals surface area contributed by atoms with Gasteiger partial charge in [0.05, 0.1) is 10.9 Å². The number of amides is 2. The highest BCUT2D eigenvalue weighted by molar-refractivity contribution is 7.89. The molecule has 2 amide bonds. The lowest BCUT2D eigenvalue weighted by Crippen LogP contribution is -2.53. The van der Waals surface area contributed by atoms with E-state index in [2.05, 4.69) is 20.7 Å². The lowest BCUT2D eigenvalue weighted by molar-refractivity contribution is -0.123. The van der Waals surface area contributed by atoms with E-state index in [4.69, 9.17) is 0 Å². The van der Waals surface area contributed by atoms with Gasteiger partial charge in [-0.2, -0.15) is 4.72 Å². The second kappa shape index (κ2) is 10.0. The number of anilines is 1. The van der Waals surface area contributed by atoms with E-state index >= 15 is 0 Å². The maximum Gasteiger partial charge on any atom is 0.241 e. The summed E-state index contributed by atoms with van der Waals surface area (Å²) in [7, 11) is -3.84. The lowest BCUT2D eigenvalue weighted by Gasteiger charge is -2.31. The number of hydrogen-bond acceptors (Lipinski definition) is 5. The summed E-state index contributed by atoms with van der Waals surface area (Å²) >= 11 is 0. The fourth-order valence-corrected chi connectivity index (χ4v) is 4.01. The van der Waals surface area contributed by atoms with Crippen LogP contribution in [0.15, 0.2) is 29.2 Å². The lowest BCUT2D eigenvalue weighted by atomic mass is 9.95. The molecule has 1 heterocycles. The minimum absolute atomic E-state index is 0. The highest BCUT2D eigenvalue weighted by Crippen LogP contribution is 2.15. The smallest absolute Gasteiger partial charge is 0.241 e. The van der Waals surface area contributed by atoms with Gasteiger partial charge in [0.1, 0.15) is 0 Å². The molecule has 0 aliphatic carbocycles. The van der Waals surface area contributed by atoms with Gasteiger partial charge in [-0.25, -0.2) is 8.42 Å². The third-order valence-corrected chi connectivity index (χ3v) is 5.88. The summed E-state index contributed by atoms with van der Waals surface area (Å²) in [4.78, 5) is 23.4. The van der Waals surface area contributed by atoms with E-state index in [0.29, 0.717) is 5.69 Å². The Morgan fingerprint density at radius 1 is 1.22 bits per heavy atom. The molecule has 10 heteroatoms. The van der Waals surface area contributed by atoms with Crippen molar-refractivity contribution in [1.82, 2.24) is 15.4 Å². The fraction of sp³-hybridized carbons (Fsp3) is 0.529. The van der Waals surface area contributed by atoms with Crippen LogP contribution in [-0.2, 0) is 19.6 Å². The number of carbonyl (C=O) groups is 2. The summed E-state index contributed by atoms with van der Waals surface area (Å²) in [5.41, 5.74) is 0.502. The topological polar surface area (TPSA) is 116 Å². The molecule has 8 nitrogen and oxygen atoms in total. The van der Waals surface area contributed by atoms with E-state index in [9.17, 15) is 18.0 Å². The number of halogens is 1. The van der Waals surface area contributed by atoms with Crippen LogP contribution in [0.3, 0.4) is 0 Å². The normalized spacial score (nSPS) is 20.9. The molecule has 1 aromatic carbocycles. The molecule has 0 bridgehead atoms. The van der Waals surface area contributed by atoms with Crippen LogP contribution in [-0.4, -0.2) is 45.4 Å². The zero-order valence-corrected chi connectivity index (χ0v) is 17.2. The number of piperidine rings is 1. The van der Waals surface area contributed by atoms with Crippen LogP contribution in [0.1, 0.15) is 27.2 Å². The Morgan fingerprint density at radius 2 is 1.85 bits per heavy atom. The molecule has 0 spiro atoms. The highest BCUT2D eigenvalue weighted by Gasteiger charge is 2.27. The Bertz CT molecular complexity index is 755. The Balaban J connectivity index is 0.00000364. The van der Waals surface area contributed by atoms with Crippen LogP contribution < -0.4 is 20.7 Å². The molecule has 27 heavy (non-hydrogen) atoms. The first-order chi connectivity index (χ1) is 12.2. The predicted octanol–water partition coefficient (Wildman–Crippen LogP) is 0.848. The Hall–Kier alpha value is -1.68. The van der Waals surface area contributed by atoms with Gasteiger partial charge in [0.25, 0.3) is 0 Å². The van der Waals surface area contributed by atoms with E-state index < -0.39 is 16.1 Å². The van der Waals surface area contributed by atoms with Crippen LogP contribution in [0.5, 0.6) is 0 Å². The van der Waals surface area contributed by atoms with Gasteiger partial charge in [0.2, 0.25) is 21.8 Å². The molecule has 1 aromatic rings. The van der Waals surface area contributed by atoms with Crippen molar-refractivity contribution in [3.05, 3.63) is 24.3 Å². The first-order valence-electron chi connectivity index (χ1n) is 8.60. The van der Waals surface area contributed by atoms with Gasteiger partial charge in [-0.05, 0) is 56.6 Å². The summed E-state index contributed by atoms with van der Waals surface area (Å²) in [6.45, 7) is 6.59. The Kier molecular flexibility index (Phi) is 8.67. The second-order valence-corrected chi connectivity index (χ2v) is 8.35. The van der Waals surface area contributed by atoms with E-state index in [1.807, 2.05) is 6.92 Å². The average Bonchev–Trinajstić information content (AvgIpc) is 2.56. The van der Waals surface area contributed by atoms with Crippen molar-refractivity contribution in [2.45, 2.75) is 44.2 Å². The zero-order valence-electron chi connectivity index (χ0n) is 15.6. The van der Waals surface area contributed by atoms with Gasteiger partial charge in [-0.15, -0.1) is 12.4 Å². The molecule has 3 atom stereocenters. The predicted molar refractivity (Wildman–Crippen MR) is 106 cm³/mol. The summed E-state index contributed by atoms with van der Waals surface area (Å²) in [5, 5.41) is 8.74. The number of hydrogen-bond donors (Lipinski definition) is 4. The molecule has 4 N–H and O–H groups in total. The minimum Gasteiger partial charge on any atom is -0.352 e. The number of nitrogens with one attached hydrogen (secondary N) is 4. The quantitative estimate of drug-likeness (QED) is 0.546. The third kappa shape index (κ3) is 6.76. The maximum atomic E-state index is 12.4. The molecule has 0 saturated carbocycles. The number of benzene rings is 1. The van der Waals surface area contributed by atoms with Crippen LogP contribution >= 0.6 is 12.4 Å². The van der Waals surface area contributed by atoms with Gasteiger partial charge < -0.3 is 16.0 Å². The van der Waals surface area contributed by atoms with Gasteiger partial charge >= 0.3 is 0 Å². The van der Waals surface area contributed by atoms with Crippen molar-refractivity contribution in [2.75, 3.05) is 18.4 Å². The molecule has 1 saturated heterocycles. The molecule has 0 radical (unpaired) electrons. The fourth-order valence-electron chi connectivity index (χ4n) is 2.81. The van der Waals surface area contributed by atoms with Crippen molar-refractivity contribution < 1.29 is 18.0 Å². The number of carbonyl (C=O) groups excluding carboxylic acids is 2. The van der Waals surface area contributed by atoms with Crippen LogP contribution in [0, 0.1) is 5.92 Å². The standard InChI is InChI=1S/C17H26N4O4S.ClH/c1-11-10-18-9-8-16(11)20-17(23)12(2)21-26(24,25)15-6-4-14(5-7-15)19-13(3)22;/h4-7,11-12,16,18,21H,8-10H2,1-3H3,(H,19,22)(H,20,23);1H. The SMILES string of the molecule is CC(=O)Nc1ccc(S(=O)(=O)NC(C)C(=O)NC2CCNCC2C)cc1.Cl. The van der Waals surface area contributed by atoms with E-state index in [0.717, 1.165) is 19.5 Å². The van der Waals surface area contributed by atoms with Crippen molar-refractivity contribution in [3.8, 4) is 0 Å². The largest absolute Gasteiger partial charge is 0.352 e. The van der Waals surface area contributed by atoms with Crippen molar-refractivity contribution in [3.63, 3.8) is 0 Å². The Morgan fingerprint density at radius 3 is 2.41 bits per heavy atom. The van der Waals surface area contributed by atoms with E-state index in [-0.39, 0.29) is 41.1 Å². The maximum absolute atomic E-state index is 12.4. The van der Waals surface area contributed by atoms with Gasteiger partial charge in [0, 0.05) is 18.7 Å². The number of sulfonamides is 1. The monoisotopic (exact) mass is 418 g/mol. The molecule has 1 aliphatic heterocycles. The zero-order chi connectivity index (χ0) is 19.3. The molecule has 2 rings (SSSR count). The Labute approximate surface area is 166 Å². The first kappa shape index (κ1) is 23.4. The molecular formula is C17H27ClN4O4S. The van der Waals surface area contributed by atoms with Crippen molar-refractivity contribution in [1.29, 1.82) is 0 Å². The highest BCUT2D eigenvalue weighted by atomic mass is 35.5. The molecule has 1 fully saturated rings. The minimum atomic E-state index is -3.84. The molecule has 1 aliphatic rings. The van der Waals surface area contributed by atoms with Crippen LogP contribution in [0.4, 0.5) is 5.69 Å². The molecule has 3 unspecified atom stereocenters. The van der Waals surface area contributed by atoms with Crippen LogP contribution in [0.2, 0.25) is 0 Å². The molecular weight excluding hydrogens is 392 g/mol. The summed E-state index contributed by atoms with van der Waals surface area (Å²) in [5.74, 6) is -0.295. The molecule has 0 aromatic heterocycles. The van der Waals surface area contributed by atoms with Gasteiger partial charge in [-0.1, -0.05) is 6.92 Å². The summed E-state index contributed by atoms with van der Waals surface area (Å²) in [6.07, 6.45) is 0.816. The van der Waals surface area contributed by atoms with Crippen LogP contribution in [0.25, 0.3) is 0 Å². The molecule has 152 valence electrons. The summed E-state index contributed by atoms with van der Waals surface area (Å²) < 4.78 is 27.3. The van der Waals surface area contributed by atoms with E-state index in [1.54, 1.807) is 0 Å². The second-order valence-electron chi connectivity index (χ2n) is 6.63. The van der Waals surface area contributed by atoms with Crippen molar-refractivity contribution >= 4 is 39.9 Å². The first-order valence-corrected chi connectivity index (χ1v) is 10.1. The third-order valence-electron chi connectivity index (χ3n) is 4.32.